The lowest BCUT2D eigenvalue weighted by atomic mass is 9.81. The van der Waals surface area contributed by atoms with Crippen molar-refractivity contribution < 1.29 is 0 Å². The van der Waals surface area contributed by atoms with Gasteiger partial charge in [-0.05, 0) is 41.8 Å². The lowest BCUT2D eigenvalue weighted by Crippen LogP contribution is -2.19. The minimum absolute atomic E-state index is 0.275. The molecule has 0 amide bonds. The van der Waals surface area contributed by atoms with E-state index in [4.69, 9.17) is 0 Å². The molecule has 0 radical (unpaired) electrons. The van der Waals surface area contributed by atoms with Crippen LogP contribution < -0.4 is 0 Å². The highest BCUT2D eigenvalue weighted by Crippen LogP contribution is 2.42. The van der Waals surface area contributed by atoms with Crippen molar-refractivity contribution in [3.63, 3.8) is 0 Å². The van der Waals surface area contributed by atoms with E-state index in [1.807, 2.05) is 0 Å². The minimum Gasteiger partial charge on any atom is -0.247 e. The first-order chi connectivity index (χ1) is 5.69. The van der Waals surface area contributed by atoms with Gasteiger partial charge in [-0.2, -0.15) is 0 Å². The van der Waals surface area contributed by atoms with Gasteiger partial charge in [0.05, 0.1) is 0 Å². The maximum absolute atomic E-state index is 2.46. The Hall–Kier alpha value is 0.350. The second kappa shape index (κ2) is 4.72. The highest BCUT2D eigenvalue weighted by atomic mass is 32.3. The summed E-state index contributed by atoms with van der Waals surface area (Å²) in [7, 11) is -0.275. The van der Waals surface area contributed by atoms with E-state index in [1.54, 1.807) is 0 Å². The second-order valence-corrected chi connectivity index (χ2v) is 10.3. The topological polar surface area (TPSA) is 0 Å². The predicted molar refractivity (Wildman–Crippen MR) is 68.1 cm³/mol. The molecule has 0 N–H and O–H groups in total. The lowest BCUT2D eigenvalue weighted by Gasteiger charge is -2.34. The van der Waals surface area contributed by atoms with Crippen LogP contribution in [0.4, 0.5) is 0 Å². The Morgan fingerprint density at radius 2 is 1.62 bits per heavy atom. The van der Waals surface area contributed by atoms with Crippen LogP contribution in [-0.4, -0.2) is 24.0 Å². The molecule has 0 aliphatic heterocycles. The Morgan fingerprint density at radius 3 is 1.92 bits per heavy atom. The Balaban J connectivity index is 3.90. The van der Waals surface area contributed by atoms with Crippen LogP contribution in [0.3, 0.4) is 0 Å². The van der Waals surface area contributed by atoms with Crippen LogP contribution in [0.5, 0.6) is 0 Å². The van der Waals surface area contributed by atoms with Crippen molar-refractivity contribution in [1.29, 1.82) is 0 Å². The third kappa shape index (κ3) is 5.61. The van der Waals surface area contributed by atoms with Crippen LogP contribution in [0.2, 0.25) is 0 Å². The molecule has 0 nitrogen and oxygen atoms in total. The number of rotatable bonds is 4. The van der Waals surface area contributed by atoms with Crippen LogP contribution in [0.25, 0.3) is 0 Å². The molecule has 0 fully saturated rings. The summed E-state index contributed by atoms with van der Waals surface area (Å²) in [4.78, 5) is 0. The van der Waals surface area contributed by atoms with Gasteiger partial charge >= 0.3 is 0 Å². The SMILES string of the molecule is CCS(C)(C)CCC(C)C(C)(C)C. The summed E-state index contributed by atoms with van der Waals surface area (Å²) < 4.78 is 0. The summed E-state index contributed by atoms with van der Waals surface area (Å²) in [5, 5.41) is 0. The van der Waals surface area contributed by atoms with Gasteiger partial charge in [-0.25, -0.2) is 10.0 Å². The van der Waals surface area contributed by atoms with Gasteiger partial charge in [0, 0.05) is 0 Å². The molecule has 0 heterocycles. The maximum Gasteiger partial charge on any atom is -0.0230 e. The molecule has 0 aromatic heterocycles. The highest BCUT2D eigenvalue weighted by Gasteiger charge is 2.21. The van der Waals surface area contributed by atoms with Crippen molar-refractivity contribution in [2.24, 2.45) is 11.3 Å². The van der Waals surface area contributed by atoms with E-state index in [-0.39, 0.29) is 10.0 Å². The Bertz CT molecular complexity index is 142. The Kier molecular flexibility index (Phi) is 4.85. The van der Waals surface area contributed by atoms with E-state index in [0.717, 1.165) is 5.92 Å². The molecule has 82 valence electrons. The van der Waals surface area contributed by atoms with E-state index >= 15 is 0 Å². The summed E-state index contributed by atoms with van der Waals surface area (Å²) >= 11 is 0. The fourth-order valence-electron chi connectivity index (χ4n) is 1.07. The zero-order valence-corrected chi connectivity index (χ0v) is 11.4. The van der Waals surface area contributed by atoms with Crippen LogP contribution >= 0.6 is 10.0 Å². The van der Waals surface area contributed by atoms with Gasteiger partial charge in [0.15, 0.2) is 0 Å². The summed E-state index contributed by atoms with van der Waals surface area (Å²) in [6.45, 7) is 11.8. The van der Waals surface area contributed by atoms with Gasteiger partial charge in [0.2, 0.25) is 0 Å². The molecule has 13 heavy (non-hydrogen) atoms. The van der Waals surface area contributed by atoms with Crippen LogP contribution in [0, 0.1) is 11.3 Å². The summed E-state index contributed by atoms with van der Waals surface area (Å²) in [5.74, 6) is 3.68. The normalized spacial score (nSPS) is 17.2. The predicted octanol–water partition coefficient (Wildman–Crippen LogP) is 4.14. The van der Waals surface area contributed by atoms with Crippen LogP contribution in [0.1, 0.15) is 41.0 Å². The second-order valence-electron chi connectivity index (χ2n) is 5.82. The molecule has 0 saturated carbocycles. The van der Waals surface area contributed by atoms with E-state index in [0.29, 0.717) is 5.41 Å². The first-order valence-corrected chi connectivity index (χ1v) is 8.16. The standard InChI is InChI=1S/C12H28S/c1-8-13(6,7)10-9-11(2)12(3,4)5/h11H,8-10H2,1-7H3. The van der Waals surface area contributed by atoms with Crippen LogP contribution in [-0.2, 0) is 0 Å². The molecule has 0 aromatic carbocycles. The third-order valence-electron chi connectivity index (χ3n) is 3.36. The van der Waals surface area contributed by atoms with E-state index in [2.05, 4.69) is 47.1 Å². The number of hydrogen-bond donors (Lipinski definition) is 0. The van der Waals surface area contributed by atoms with Crippen molar-refractivity contribution in [2.45, 2.75) is 41.0 Å². The first-order valence-electron chi connectivity index (χ1n) is 5.38. The number of hydrogen-bond acceptors (Lipinski definition) is 0. The van der Waals surface area contributed by atoms with Gasteiger partial charge in [0.25, 0.3) is 0 Å². The van der Waals surface area contributed by atoms with Crippen molar-refractivity contribution in [3.8, 4) is 0 Å². The van der Waals surface area contributed by atoms with Gasteiger partial charge in [-0.15, -0.1) is 0 Å². The molecule has 0 aliphatic rings. The molecule has 1 unspecified atom stereocenters. The molecule has 0 spiro atoms. The lowest BCUT2D eigenvalue weighted by molar-refractivity contribution is 0.256. The Labute approximate surface area is 86.8 Å². The largest absolute Gasteiger partial charge is 0.247 e. The summed E-state index contributed by atoms with van der Waals surface area (Å²) in [6.07, 6.45) is 6.32. The van der Waals surface area contributed by atoms with Crippen molar-refractivity contribution in [3.05, 3.63) is 0 Å². The van der Waals surface area contributed by atoms with Gasteiger partial charge < -0.3 is 0 Å². The average molecular weight is 204 g/mol. The fourth-order valence-corrected chi connectivity index (χ4v) is 2.35. The quantitative estimate of drug-likeness (QED) is 0.645. The van der Waals surface area contributed by atoms with E-state index in [1.165, 1.54) is 17.9 Å². The molecule has 0 bridgehead atoms. The van der Waals surface area contributed by atoms with Gasteiger partial charge in [0.1, 0.15) is 0 Å². The van der Waals surface area contributed by atoms with Gasteiger partial charge in [-0.3, -0.25) is 0 Å². The smallest absolute Gasteiger partial charge is 0.0230 e. The average Bonchev–Trinajstić information content (AvgIpc) is 1.98. The first kappa shape index (κ1) is 13.4. The summed E-state index contributed by atoms with van der Waals surface area (Å²) in [6, 6.07) is 0. The molecular weight excluding hydrogens is 176 g/mol. The molecule has 0 saturated heterocycles. The Morgan fingerprint density at radius 1 is 1.15 bits per heavy atom. The molecule has 1 heteroatoms. The van der Waals surface area contributed by atoms with Crippen molar-refractivity contribution in [2.75, 3.05) is 24.0 Å². The molecule has 0 aliphatic carbocycles. The zero-order valence-electron chi connectivity index (χ0n) is 10.6. The minimum atomic E-state index is -0.275. The van der Waals surface area contributed by atoms with Crippen molar-refractivity contribution >= 4 is 10.0 Å². The van der Waals surface area contributed by atoms with Crippen LogP contribution in [0.15, 0.2) is 0 Å². The summed E-state index contributed by atoms with van der Waals surface area (Å²) in [5.41, 5.74) is 0.489. The van der Waals surface area contributed by atoms with E-state index < -0.39 is 0 Å². The molecule has 1 atom stereocenters. The van der Waals surface area contributed by atoms with Crippen molar-refractivity contribution in [1.82, 2.24) is 0 Å². The third-order valence-corrected chi connectivity index (χ3v) is 6.27. The molecule has 0 rings (SSSR count). The fraction of sp³-hybridized carbons (Fsp3) is 1.00. The monoisotopic (exact) mass is 204 g/mol. The van der Waals surface area contributed by atoms with E-state index in [9.17, 15) is 0 Å². The molecular formula is C12H28S. The highest BCUT2D eigenvalue weighted by molar-refractivity contribution is 8.32. The molecule has 0 aromatic rings. The van der Waals surface area contributed by atoms with Gasteiger partial charge in [-0.1, -0.05) is 34.6 Å². The maximum atomic E-state index is 2.46. The zero-order chi connectivity index (χ0) is 10.7.